The predicted molar refractivity (Wildman–Crippen MR) is 98.8 cm³/mol. The molecule has 0 spiro atoms. The number of nitrogens with zero attached hydrogens (tertiary/aromatic N) is 5. The summed E-state index contributed by atoms with van der Waals surface area (Å²) in [6.45, 7) is 1.67. The molecule has 2 fully saturated rings. The molecule has 1 aliphatic carbocycles. The summed E-state index contributed by atoms with van der Waals surface area (Å²) in [5, 5.41) is 9.34. The molecule has 5 nitrogen and oxygen atoms in total. The van der Waals surface area contributed by atoms with Crippen LogP contribution in [0.15, 0.2) is 30.5 Å². The van der Waals surface area contributed by atoms with Gasteiger partial charge in [0.2, 0.25) is 0 Å². The fourth-order valence-electron chi connectivity index (χ4n) is 3.65. The highest BCUT2D eigenvalue weighted by Gasteiger charge is 2.29. The van der Waals surface area contributed by atoms with Gasteiger partial charge in [0.25, 0.3) is 0 Å². The first-order chi connectivity index (χ1) is 12.7. The molecule has 1 aromatic heterocycles. The van der Waals surface area contributed by atoms with Crippen molar-refractivity contribution in [2.45, 2.75) is 37.6 Å². The van der Waals surface area contributed by atoms with Gasteiger partial charge < -0.3 is 9.80 Å². The van der Waals surface area contributed by atoms with Crippen LogP contribution in [0.3, 0.4) is 0 Å². The van der Waals surface area contributed by atoms with Crippen molar-refractivity contribution < 1.29 is 4.39 Å². The molecule has 6 heteroatoms. The monoisotopic (exact) mass is 351 g/mol. The average Bonchev–Trinajstić information content (AvgIpc) is 3.53. The Kier molecular flexibility index (Phi) is 4.46. The Hall–Kier alpha value is -2.68. The molecule has 1 aliphatic heterocycles. The SMILES string of the molecule is CN(c1ccnc(C2CC2)n1)C1CCCN(c2ccc(F)cc2C#N)C1. The minimum absolute atomic E-state index is 0.294. The number of anilines is 2. The predicted octanol–water partition coefficient (Wildman–Crippen LogP) is 3.47. The van der Waals surface area contributed by atoms with Crippen LogP contribution in [0.4, 0.5) is 15.9 Å². The Morgan fingerprint density at radius 2 is 2.12 bits per heavy atom. The fraction of sp³-hybridized carbons (Fsp3) is 0.450. The number of aromatic nitrogens is 2. The molecule has 0 N–H and O–H groups in total. The number of piperidine rings is 1. The summed E-state index contributed by atoms with van der Waals surface area (Å²) >= 11 is 0. The number of rotatable bonds is 4. The van der Waals surface area contributed by atoms with Gasteiger partial charge >= 0.3 is 0 Å². The zero-order valence-electron chi connectivity index (χ0n) is 14.9. The lowest BCUT2D eigenvalue weighted by Gasteiger charge is -2.39. The van der Waals surface area contributed by atoms with E-state index in [1.807, 2.05) is 12.3 Å². The Bertz CT molecular complexity index is 842. The van der Waals surface area contributed by atoms with Crippen LogP contribution in [0, 0.1) is 17.1 Å². The topological polar surface area (TPSA) is 56.1 Å². The van der Waals surface area contributed by atoms with E-state index >= 15 is 0 Å². The number of hydrogen-bond acceptors (Lipinski definition) is 5. The van der Waals surface area contributed by atoms with E-state index in [2.05, 4.69) is 27.9 Å². The van der Waals surface area contributed by atoms with Gasteiger partial charge in [0, 0.05) is 38.3 Å². The maximum Gasteiger partial charge on any atom is 0.133 e. The summed E-state index contributed by atoms with van der Waals surface area (Å²) in [5.41, 5.74) is 1.21. The van der Waals surface area contributed by atoms with E-state index < -0.39 is 0 Å². The highest BCUT2D eigenvalue weighted by Crippen LogP contribution is 2.38. The van der Waals surface area contributed by atoms with E-state index in [9.17, 15) is 9.65 Å². The van der Waals surface area contributed by atoms with Gasteiger partial charge in [-0.3, -0.25) is 0 Å². The van der Waals surface area contributed by atoms with Gasteiger partial charge in [0.15, 0.2) is 0 Å². The van der Waals surface area contributed by atoms with Gasteiger partial charge in [-0.25, -0.2) is 14.4 Å². The molecule has 1 saturated heterocycles. The van der Waals surface area contributed by atoms with Crippen molar-refractivity contribution in [1.82, 2.24) is 9.97 Å². The van der Waals surface area contributed by atoms with Crippen LogP contribution >= 0.6 is 0 Å². The Morgan fingerprint density at radius 1 is 1.27 bits per heavy atom. The third kappa shape index (κ3) is 3.34. The largest absolute Gasteiger partial charge is 0.368 e. The van der Waals surface area contributed by atoms with Crippen molar-refractivity contribution in [3.63, 3.8) is 0 Å². The van der Waals surface area contributed by atoms with Crippen LogP contribution in [0.2, 0.25) is 0 Å². The van der Waals surface area contributed by atoms with E-state index in [1.165, 1.54) is 25.0 Å². The molecule has 2 aromatic rings. The van der Waals surface area contributed by atoms with Gasteiger partial charge in [0.05, 0.1) is 11.3 Å². The molecule has 134 valence electrons. The second-order valence-electron chi connectivity index (χ2n) is 7.17. The summed E-state index contributed by atoms with van der Waals surface area (Å²) in [7, 11) is 2.07. The van der Waals surface area contributed by atoms with Crippen molar-refractivity contribution >= 4 is 11.5 Å². The summed E-state index contributed by atoms with van der Waals surface area (Å²) < 4.78 is 13.4. The molecule has 0 radical (unpaired) electrons. The van der Waals surface area contributed by atoms with Gasteiger partial charge in [-0.1, -0.05) is 0 Å². The molecule has 1 atom stereocenters. The van der Waals surface area contributed by atoms with E-state index in [4.69, 9.17) is 4.98 Å². The van der Waals surface area contributed by atoms with Crippen LogP contribution in [-0.4, -0.2) is 36.1 Å². The van der Waals surface area contributed by atoms with Crippen molar-refractivity contribution in [3.05, 3.63) is 47.7 Å². The van der Waals surface area contributed by atoms with E-state index in [0.29, 0.717) is 17.5 Å². The van der Waals surface area contributed by atoms with Gasteiger partial charge in [-0.15, -0.1) is 0 Å². The number of halogens is 1. The minimum atomic E-state index is -0.371. The van der Waals surface area contributed by atoms with Gasteiger partial charge in [-0.05, 0) is 49.9 Å². The van der Waals surface area contributed by atoms with Crippen LogP contribution in [0.5, 0.6) is 0 Å². The van der Waals surface area contributed by atoms with Gasteiger partial charge in [-0.2, -0.15) is 5.26 Å². The lowest BCUT2D eigenvalue weighted by atomic mass is 10.0. The van der Waals surface area contributed by atoms with Crippen molar-refractivity contribution in [2.75, 3.05) is 29.9 Å². The molecular weight excluding hydrogens is 329 g/mol. The Labute approximate surface area is 153 Å². The second-order valence-corrected chi connectivity index (χ2v) is 7.17. The van der Waals surface area contributed by atoms with Crippen molar-refractivity contribution in [1.29, 1.82) is 5.26 Å². The zero-order valence-corrected chi connectivity index (χ0v) is 14.9. The third-order valence-electron chi connectivity index (χ3n) is 5.33. The summed E-state index contributed by atoms with van der Waals surface area (Å²) in [6, 6.07) is 8.83. The minimum Gasteiger partial charge on any atom is -0.368 e. The molecule has 0 bridgehead atoms. The average molecular weight is 351 g/mol. The number of likely N-dealkylation sites (N-methyl/N-ethyl adjacent to an activating group) is 1. The van der Waals surface area contributed by atoms with Gasteiger partial charge in [0.1, 0.15) is 23.5 Å². The maximum absolute atomic E-state index is 13.4. The molecule has 1 aromatic carbocycles. The van der Waals surface area contributed by atoms with Crippen LogP contribution < -0.4 is 9.80 Å². The molecule has 26 heavy (non-hydrogen) atoms. The smallest absolute Gasteiger partial charge is 0.133 e. The number of hydrogen-bond donors (Lipinski definition) is 0. The highest BCUT2D eigenvalue weighted by molar-refractivity contribution is 5.60. The molecule has 0 amide bonds. The maximum atomic E-state index is 13.4. The summed E-state index contributed by atoms with van der Waals surface area (Å²) in [5.74, 6) is 2.06. The highest BCUT2D eigenvalue weighted by atomic mass is 19.1. The lowest BCUT2D eigenvalue weighted by molar-refractivity contribution is 0.485. The molecule has 4 rings (SSSR count). The molecule has 1 unspecified atom stereocenters. The van der Waals surface area contributed by atoms with Crippen molar-refractivity contribution in [3.8, 4) is 6.07 Å². The normalized spacial score (nSPS) is 19.9. The van der Waals surface area contributed by atoms with Crippen LogP contribution in [0.25, 0.3) is 0 Å². The molecule has 1 saturated carbocycles. The van der Waals surface area contributed by atoms with E-state index in [-0.39, 0.29) is 5.82 Å². The lowest BCUT2D eigenvalue weighted by Crippen LogP contribution is -2.47. The summed E-state index contributed by atoms with van der Waals surface area (Å²) in [4.78, 5) is 13.6. The quantitative estimate of drug-likeness (QED) is 0.844. The van der Waals surface area contributed by atoms with Crippen molar-refractivity contribution in [2.24, 2.45) is 0 Å². The van der Waals surface area contributed by atoms with E-state index in [1.54, 1.807) is 6.07 Å². The Morgan fingerprint density at radius 3 is 2.88 bits per heavy atom. The second kappa shape index (κ2) is 6.91. The zero-order chi connectivity index (χ0) is 18.1. The molecule has 2 heterocycles. The van der Waals surface area contributed by atoms with E-state index in [0.717, 1.165) is 43.3 Å². The first kappa shape index (κ1) is 16.8. The third-order valence-corrected chi connectivity index (χ3v) is 5.33. The standard InChI is InChI=1S/C20H22FN5/c1-25(19-8-9-23-20(24-19)14-4-5-14)17-3-2-10-26(13-17)18-7-6-16(21)11-15(18)12-22/h6-9,11,14,17H,2-5,10,13H2,1H3. The number of nitriles is 1. The van der Waals surface area contributed by atoms with Crippen LogP contribution in [0.1, 0.15) is 43.0 Å². The molecular formula is C20H22FN5. The fourth-order valence-corrected chi connectivity index (χ4v) is 3.65. The molecule has 2 aliphatic rings. The Balaban J connectivity index is 1.53. The summed E-state index contributed by atoms with van der Waals surface area (Å²) in [6.07, 6.45) is 6.31. The van der Waals surface area contributed by atoms with Crippen LogP contribution in [-0.2, 0) is 0 Å². The first-order valence-electron chi connectivity index (χ1n) is 9.16. The number of benzene rings is 1. The first-order valence-corrected chi connectivity index (χ1v) is 9.16.